The highest BCUT2D eigenvalue weighted by atomic mass is 35.5. The molecule has 0 aliphatic carbocycles. The molecule has 1 N–H and O–H groups in total. The molecule has 1 atom stereocenters. The maximum Gasteiger partial charge on any atom is 0.0804 e. The van der Waals surface area contributed by atoms with Gasteiger partial charge in [-0.3, -0.25) is 0 Å². The van der Waals surface area contributed by atoms with Crippen LogP contribution in [0.4, 0.5) is 0 Å². The lowest BCUT2D eigenvalue weighted by Crippen LogP contribution is -2.00. The summed E-state index contributed by atoms with van der Waals surface area (Å²) in [4.78, 5) is 0. The van der Waals surface area contributed by atoms with Crippen LogP contribution < -0.4 is 0 Å². The third-order valence-corrected chi connectivity index (χ3v) is 2.15. The Morgan fingerprint density at radius 2 is 2.08 bits per heavy atom. The van der Waals surface area contributed by atoms with E-state index in [4.69, 9.17) is 11.6 Å². The summed E-state index contributed by atoms with van der Waals surface area (Å²) in [6.45, 7) is 1.99. The van der Waals surface area contributed by atoms with E-state index in [0.29, 0.717) is 12.3 Å². The Hall–Kier alpha value is -0.530. The van der Waals surface area contributed by atoms with Crippen molar-refractivity contribution in [3.8, 4) is 0 Å². The van der Waals surface area contributed by atoms with Crippen LogP contribution in [0, 0.1) is 6.92 Å². The van der Waals surface area contributed by atoms with Crippen LogP contribution in [0.25, 0.3) is 0 Å². The zero-order chi connectivity index (χ0) is 8.97. The maximum absolute atomic E-state index is 9.62. The summed E-state index contributed by atoms with van der Waals surface area (Å²) in [5, 5.41) is 9.62. The zero-order valence-electron chi connectivity index (χ0n) is 7.13. The van der Waals surface area contributed by atoms with Gasteiger partial charge < -0.3 is 5.11 Å². The van der Waals surface area contributed by atoms with E-state index in [1.807, 2.05) is 31.2 Å². The molecule has 0 radical (unpaired) electrons. The third-order valence-electron chi connectivity index (χ3n) is 1.93. The van der Waals surface area contributed by atoms with Crippen molar-refractivity contribution in [2.24, 2.45) is 0 Å². The molecule has 12 heavy (non-hydrogen) atoms. The van der Waals surface area contributed by atoms with E-state index in [0.717, 1.165) is 11.1 Å². The number of aryl methyl sites for hydroxylation is 1. The van der Waals surface area contributed by atoms with Gasteiger partial charge in [0.25, 0.3) is 0 Å². The largest absolute Gasteiger partial charge is 0.388 e. The van der Waals surface area contributed by atoms with Crippen molar-refractivity contribution in [3.05, 3.63) is 35.4 Å². The van der Waals surface area contributed by atoms with Crippen LogP contribution in [0.2, 0.25) is 0 Å². The number of halogens is 1. The zero-order valence-corrected chi connectivity index (χ0v) is 7.88. The fraction of sp³-hybridized carbons (Fsp3) is 0.400. The second-order valence-electron chi connectivity index (χ2n) is 2.85. The predicted octanol–water partition coefficient (Wildman–Crippen LogP) is 2.66. The van der Waals surface area contributed by atoms with E-state index in [2.05, 4.69) is 0 Å². The van der Waals surface area contributed by atoms with Gasteiger partial charge in [0.05, 0.1) is 6.10 Å². The van der Waals surface area contributed by atoms with Crippen molar-refractivity contribution in [3.63, 3.8) is 0 Å². The molecule has 66 valence electrons. The van der Waals surface area contributed by atoms with Crippen LogP contribution in [0.3, 0.4) is 0 Å². The first-order valence-corrected chi connectivity index (χ1v) is 4.58. The fourth-order valence-corrected chi connectivity index (χ4v) is 1.43. The minimum absolute atomic E-state index is 0.413. The van der Waals surface area contributed by atoms with Crippen LogP contribution in [-0.4, -0.2) is 11.0 Å². The Kier molecular flexibility index (Phi) is 3.57. The lowest BCUT2D eigenvalue weighted by Gasteiger charge is -2.11. The van der Waals surface area contributed by atoms with Gasteiger partial charge in [-0.2, -0.15) is 0 Å². The van der Waals surface area contributed by atoms with E-state index in [1.54, 1.807) is 0 Å². The predicted molar refractivity (Wildman–Crippen MR) is 51.5 cm³/mol. The van der Waals surface area contributed by atoms with Crippen LogP contribution in [0.15, 0.2) is 24.3 Å². The number of alkyl halides is 1. The molecular formula is C10H13ClO. The molecule has 0 saturated heterocycles. The summed E-state index contributed by atoms with van der Waals surface area (Å²) < 4.78 is 0. The molecule has 1 unspecified atom stereocenters. The van der Waals surface area contributed by atoms with Gasteiger partial charge in [0, 0.05) is 5.88 Å². The lowest BCUT2D eigenvalue weighted by atomic mass is 10.0. The molecular weight excluding hydrogens is 172 g/mol. The van der Waals surface area contributed by atoms with Gasteiger partial charge in [0.2, 0.25) is 0 Å². The van der Waals surface area contributed by atoms with Crippen LogP contribution in [0.1, 0.15) is 23.7 Å². The summed E-state index contributed by atoms with van der Waals surface area (Å²) in [6, 6.07) is 7.82. The van der Waals surface area contributed by atoms with Crippen molar-refractivity contribution in [2.45, 2.75) is 19.4 Å². The number of hydrogen-bond acceptors (Lipinski definition) is 1. The molecule has 0 aromatic heterocycles. The Bertz CT molecular complexity index is 247. The van der Waals surface area contributed by atoms with Gasteiger partial charge >= 0.3 is 0 Å². The molecule has 0 fully saturated rings. The molecule has 0 aliphatic heterocycles. The van der Waals surface area contributed by atoms with E-state index in [9.17, 15) is 5.11 Å². The van der Waals surface area contributed by atoms with Crippen LogP contribution in [-0.2, 0) is 0 Å². The lowest BCUT2D eigenvalue weighted by molar-refractivity contribution is 0.174. The summed E-state index contributed by atoms with van der Waals surface area (Å²) in [7, 11) is 0. The summed E-state index contributed by atoms with van der Waals surface area (Å²) in [5.41, 5.74) is 2.10. The van der Waals surface area contributed by atoms with E-state index in [-0.39, 0.29) is 0 Å². The molecule has 0 bridgehead atoms. The first kappa shape index (κ1) is 9.56. The molecule has 0 saturated carbocycles. The smallest absolute Gasteiger partial charge is 0.0804 e. The Morgan fingerprint density at radius 1 is 1.42 bits per heavy atom. The Balaban J connectivity index is 2.79. The molecule has 2 heteroatoms. The van der Waals surface area contributed by atoms with Gasteiger partial charge in [-0.05, 0) is 24.5 Å². The van der Waals surface area contributed by atoms with E-state index < -0.39 is 6.10 Å². The molecule has 1 rings (SSSR count). The second-order valence-corrected chi connectivity index (χ2v) is 3.23. The van der Waals surface area contributed by atoms with Crippen molar-refractivity contribution >= 4 is 11.6 Å². The van der Waals surface area contributed by atoms with Gasteiger partial charge in [0.1, 0.15) is 0 Å². The highest BCUT2D eigenvalue weighted by Gasteiger charge is 2.07. The first-order chi connectivity index (χ1) is 5.75. The first-order valence-electron chi connectivity index (χ1n) is 4.05. The van der Waals surface area contributed by atoms with E-state index in [1.165, 1.54) is 0 Å². The van der Waals surface area contributed by atoms with Crippen molar-refractivity contribution < 1.29 is 5.11 Å². The minimum Gasteiger partial charge on any atom is -0.388 e. The summed E-state index contributed by atoms with van der Waals surface area (Å²) in [5.74, 6) is 0.496. The molecule has 1 aromatic rings. The van der Waals surface area contributed by atoms with Gasteiger partial charge in [-0.15, -0.1) is 11.6 Å². The van der Waals surface area contributed by atoms with Gasteiger partial charge in [-0.1, -0.05) is 24.3 Å². The SMILES string of the molecule is Cc1ccccc1C(O)CCCl. The molecule has 1 nitrogen and oxygen atoms in total. The standard InChI is InChI=1S/C10H13ClO/c1-8-4-2-3-5-9(8)10(12)6-7-11/h2-5,10,12H,6-7H2,1H3. The van der Waals surface area contributed by atoms with Crippen molar-refractivity contribution in [1.29, 1.82) is 0 Å². The van der Waals surface area contributed by atoms with Crippen molar-refractivity contribution in [2.75, 3.05) is 5.88 Å². The van der Waals surface area contributed by atoms with Gasteiger partial charge in [-0.25, -0.2) is 0 Å². The van der Waals surface area contributed by atoms with Crippen LogP contribution in [0.5, 0.6) is 0 Å². The molecule has 1 aromatic carbocycles. The number of benzene rings is 1. The minimum atomic E-state index is -0.413. The molecule has 0 aliphatic rings. The average molecular weight is 185 g/mol. The molecule has 0 amide bonds. The maximum atomic E-state index is 9.62. The Labute approximate surface area is 78.0 Å². The number of aliphatic hydroxyl groups is 1. The Morgan fingerprint density at radius 3 is 2.67 bits per heavy atom. The average Bonchev–Trinajstić information content (AvgIpc) is 2.05. The quantitative estimate of drug-likeness (QED) is 0.717. The van der Waals surface area contributed by atoms with Crippen molar-refractivity contribution in [1.82, 2.24) is 0 Å². The van der Waals surface area contributed by atoms with Gasteiger partial charge in [0.15, 0.2) is 0 Å². The number of hydrogen-bond donors (Lipinski definition) is 1. The highest BCUT2D eigenvalue weighted by Crippen LogP contribution is 2.20. The fourth-order valence-electron chi connectivity index (χ4n) is 1.22. The monoisotopic (exact) mass is 184 g/mol. The highest BCUT2D eigenvalue weighted by molar-refractivity contribution is 6.17. The second kappa shape index (κ2) is 4.48. The third kappa shape index (κ3) is 2.23. The number of rotatable bonds is 3. The summed E-state index contributed by atoms with van der Waals surface area (Å²) in [6.07, 6.45) is 0.204. The normalized spacial score (nSPS) is 12.9. The number of aliphatic hydroxyl groups excluding tert-OH is 1. The van der Waals surface area contributed by atoms with Crippen LogP contribution >= 0.6 is 11.6 Å². The summed E-state index contributed by atoms with van der Waals surface area (Å²) >= 11 is 5.54. The molecule has 0 spiro atoms. The topological polar surface area (TPSA) is 20.2 Å². The van der Waals surface area contributed by atoms with E-state index >= 15 is 0 Å². The molecule has 0 heterocycles.